The lowest BCUT2D eigenvalue weighted by molar-refractivity contribution is -0.274. The monoisotopic (exact) mass is 559 g/mol. The van der Waals surface area contributed by atoms with Crippen molar-refractivity contribution in [3.8, 4) is 40.6 Å². The number of ether oxygens (including phenoxy) is 2. The molecule has 0 aliphatic carbocycles. The topological polar surface area (TPSA) is 121 Å². The lowest BCUT2D eigenvalue weighted by atomic mass is 10.1. The second-order valence-corrected chi connectivity index (χ2v) is 8.83. The van der Waals surface area contributed by atoms with Crippen LogP contribution in [0, 0.1) is 22.7 Å². The van der Waals surface area contributed by atoms with Crippen molar-refractivity contribution in [2.75, 3.05) is 11.6 Å². The fourth-order valence-corrected chi connectivity index (χ4v) is 4.36. The van der Waals surface area contributed by atoms with Crippen LogP contribution in [0.25, 0.3) is 16.9 Å². The molecule has 5 aromatic rings. The molecule has 198 valence electrons. The minimum Gasteiger partial charge on any atom is -0.457 e. The maximum absolute atomic E-state index is 12.6. The third-order valence-electron chi connectivity index (χ3n) is 5.51. The molecule has 40 heavy (non-hydrogen) atoms. The summed E-state index contributed by atoms with van der Waals surface area (Å²) in [6.45, 7) is 0. The zero-order valence-corrected chi connectivity index (χ0v) is 21.3. The van der Waals surface area contributed by atoms with Gasteiger partial charge in [0.1, 0.15) is 45.5 Å². The number of fused-ring (bicyclic) bond motifs is 1. The quantitative estimate of drug-likeness (QED) is 0.172. The van der Waals surface area contributed by atoms with E-state index in [0.29, 0.717) is 27.8 Å². The van der Waals surface area contributed by atoms with Gasteiger partial charge in [0.25, 0.3) is 0 Å². The van der Waals surface area contributed by atoms with E-state index >= 15 is 0 Å². The van der Waals surface area contributed by atoms with Gasteiger partial charge in [0.15, 0.2) is 11.5 Å². The highest BCUT2D eigenvalue weighted by Crippen LogP contribution is 2.35. The van der Waals surface area contributed by atoms with Gasteiger partial charge in [-0.05, 0) is 66.9 Å². The largest absolute Gasteiger partial charge is 0.573 e. The summed E-state index contributed by atoms with van der Waals surface area (Å²) in [5, 5.41) is 27.9. The average Bonchev–Trinajstić information content (AvgIpc) is 3.29. The van der Waals surface area contributed by atoms with Crippen LogP contribution < -0.4 is 14.8 Å². The predicted octanol–water partition coefficient (Wildman–Crippen LogP) is 6.69. The van der Waals surface area contributed by atoms with Gasteiger partial charge in [0.2, 0.25) is 0 Å². The van der Waals surface area contributed by atoms with Gasteiger partial charge in [-0.25, -0.2) is 9.50 Å². The van der Waals surface area contributed by atoms with Crippen molar-refractivity contribution >= 4 is 28.9 Å². The molecule has 9 nitrogen and oxygen atoms in total. The zero-order valence-electron chi connectivity index (χ0n) is 20.5. The van der Waals surface area contributed by atoms with E-state index in [-0.39, 0.29) is 28.3 Å². The van der Waals surface area contributed by atoms with Crippen molar-refractivity contribution < 1.29 is 22.6 Å². The van der Waals surface area contributed by atoms with Gasteiger partial charge < -0.3 is 14.8 Å². The van der Waals surface area contributed by atoms with Crippen LogP contribution >= 0.6 is 11.8 Å². The van der Waals surface area contributed by atoms with Gasteiger partial charge in [-0.1, -0.05) is 0 Å². The molecule has 3 aromatic heterocycles. The number of alkyl halides is 3. The van der Waals surface area contributed by atoms with E-state index in [9.17, 15) is 23.7 Å². The molecule has 0 radical (unpaired) electrons. The molecule has 1 N–H and O–H groups in total. The van der Waals surface area contributed by atoms with Crippen LogP contribution in [0.4, 0.5) is 24.7 Å². The highest BCUT2D eigenvalue weighted by atomic mass is 32.2. The molecule has 0 amide bonds. The predicted molar refractivity (Wildman–Crippen MR) is 140 cm³/mol. The Labute approximate surface area is 229 Å². The molecule has 0 saturated carbocycles. The molecule has 0 unspecified atom stereocenters. The fraction of sp³-hybridized carbons (Fsp3) is 0.0741. The molecular weight excluding hydrogens is 543 g/mol. The molecule has 0 aliphatic heterocycles. The van der Waals surface area contributed by atoms with Gasteiger partial charge in [0.05, 0.1) is 5.69 Å². The number of nitrogens with one attached hydrogen (secondary N) is 1. The van der Waals surface area contributed by atoms with E-state index in [1.165, 1.54) is 28.4 Å². The Balaban J connectivity index is 1.55. The van der Waals surface area contributed by atoms with E-state index in [2.05, 4.69) is 37.3 Å². The smallest absolute Gasteiger partial charge is 0.457 e. The maximum Gasteiger partial charge on any atom is 0.573 e. The summed E-state index contributed by atoms with van der Waals surface area (Å²) in [5.74, 6) is 0.968. The van der Waals surface area contributed by atoms with Crippen molar-refractivity contribution in [3.63, 3.8) is 0 Å². The Morgan fingerprint density at radius 1 is 0.875 bits per heavy atom. The van der Waals surface area contributed by atoms with E-state index < -0.39 is 12.1 Å². The summed E-state index contributed by atoms with van der Waals surface area (Å²) in [5.41, 5.74) is 1.70. The average molecular weight is 560 g/mol. The highest BCUT2D eigenvalue weighted by molar-refractivity contribution is 7.98. The molecular formula is C27H16F3N7O2S. The molecule has 3 heterocycles. The van der Waals surface area contributed by atoms with Crippen LogP contribution in [0.15, 0.2) is 78.1 Å². The van der Waals surface area contributed by atoms with Gasteiger partial charge in [-0.3, -0.25) is 4.98 Å². The van der Waals surface area contributed by atoms with Crippen LogP contribution in [-0.4, -0.2) is 32.2 Å². The van der Waals surface area contributed by atoms with Crippen LogP contribution in [0.3, 0.4) is 0 Å². The lowest BCUT2D eigenvalue weighted by Gasteiger charge is -2.12. The first-order valence-electron chi connectivity index (χ1n) is 11.4. The Morgan fingerprint density at radius 2 is 1.50 bits per heavy atom. The number of halogens is 3. The Morgan fingerprint density at radius 3 is 2.10 bits per heavy atom. The summed E-state index contributed by atoms with van der Waals surface area (Å²) < 4.78 is 49.0. The van der Waals surface area contributed by atoms with Gasteiger partial charge in [-0.15, -0.1) is 30.0 Å². The van der Waals surface area contributed by atoms with Gasteiger partial charge >= 0.3 is 6.36 Å². The zero-order chi connectivity index (χ0) is 28.3. The molecule has 0 spiro atoms. The molecule has 0 bridgehead atoms. The first kappa shape index (κ1) is 26.3. The standard InChI is InChI=1S/C27H16F3N7O2S/c1-40-26-21(14-31)23(16-2-6-20(7-3-16)39-27(28,29)30)37-25(35-26)22(15-32)24(36-37)34-17-4-8-18(9-5-17)38-19-10-12-33-13-11-19/h2-13H,1H3,(H,34,36). The summed E-state index contributed by atoms with van der Waals surface area (Å²) >= 11 is 1.19. The maximum atomic E-state index is 12.6. The normalized spacial score (nSPS) is 11.1. The Hall–Kier alpha value is -5.27. The number of hydrogen-bond donors (Lipinski definition) is 1. The number of thioether (sulfide) groups is 1. The number of anilines is 2. The van der Waals surface area contributed by atoms with Crippen molar-refractivity contribution in [3.05, 3.63) is 84.2 Å². The van der Waals surface area contributed by atoms with Crippen molar-refractivity contribution in [2.45, 2.75) is 11.4 Å². The van der Waals surface area contributed by atoms with Crippen molar-refractivity contribution in [1.82, 2.24) is 19.6 Å². The first-order chi connectivity index (χ1) is 19.3. The number of rotatable bonds is 7. The van der Waals surface area contributed by atoms with Gasteiger partial charge in [0, 0.05) is 23.6 Å². The molecule has 0 atom stereocenters. The molecule has 5 rings (SSSR count). The molecule has 13 heteroatoms. The van der Waals surface area contributed by atoms with Crippen LogP contribution in [-0.2, 0) is 0 Å². The SMILES string of the molecule is CSc1nc2c(C#N)c(Nc3ccc(Oc4ccncc4)cc3)nn2c(-c2ccc(OC(F)(F)F)cc2)c1C#N. The Bertz CT molecular complexity index is 1760. The molecule has 0 saturated heterocycles. The number of aromatic nitrogens is 4. The number of nitrogens with zero attached hydrogens (tertiary/aromatic N) is 6. The first-order valence-corrected chi connectivity index (χ1v) is 12.6. The summed E-state index contributed by atoms with van der Waals surface area (Å²) in [6, 6.07) is 19.6. The van der Waals surface area contributed by atoms with Crippen LogP contribution in [0.1, 0.15) is 11.1 Å². The molecule has 0 fully saturated rings. The minimum atomic E-state index is -4.84. The molecule has 0 aliphatic rings. The van der Waals surface area contributed by atoms with Crippen molar-refractivity contribution in [1.29, 1.82) is 10.5 Å². The molecule has 2 aromatic carbocycles. The van der Waals surface area contributed by atoms with Crippen LogP contribution in [0.5, 0.6) is 17.2 Å². The third-order valence-corrected chi connectivity index (χ3v) is 6.19. The third kappa shape index (κ3) is 5.45. The van der Waals surface area contributed by atoms with Gasteiger partial charge in [-0.2, -0.15) is 10.5 Å². The second kappa shape index (κ2) is 10.8. The second-order valence-electron chi connectivity index (χ2n) is 8.03. The van der Waals surface area contributed by atoms with E-state index in [4.69, 9.17) is 4.74 Å². The number of nitriles is 2. The van der Waals surface area contributed by atoms with Crippen molar-refractivity contribution in [2.24, 2.45) is 0 Å². The van der Waals surface area contributed by atoms with E-state index in [1.807, 2.05) is 0 Å². The summed E-state index contributed by atoms with van der Waals surface area (Å²) in [7, 11) is 0. The fourth-order valence-electron chi connectivity index (χ4n) is 3.83. The van der Waals surface area contributed by atoms with Crippen LogP contribution in [0.2, 0.25) is 0 Å². The lowest BCUT2D eigenvalue weighted by Crippen LogP contribution is -2.17. The number of pyridine rings is 1. The van der Waals surface area contributed by atoms with E-state index in [1.54, 1.807) is 55.0 Å². The Kier molecular flexibility index (Phi) is 7.14. The number of benzene rings is 2. The summed E-state index contributed by atoms with van der Waals surface area (Å²) in [6.07, 6.45) is 0.111. The minimum absolute atomic E-state index is 0.121. The summed E-state index contributed by atoms with van der Waals surface area (Å²) in [4.78, 5) is 8.44. The highest BCUT2D eigenvalue weighted by Gasteiger charge is 2.31. The van der Waals surface area contributed by atoms with E-state index in [0.717, 1.165) is 12.1 Å². The number of hydrogen-bond acceptors (Lipinski definition) is 9.